The van der Waals surface area contributed by atoms with E-state index in [0.29, 0.717) is 12.1 Å². The molecule has 0 aliphatic heterocycles. The summed E-state index contributed by atoms with van der Waals surface area (Å²) in [5.41, 5.74) is 0. The van der Waals surface area contributed by atoms with Crippen LogP contribution in [0.4, 0.5) is 5.95 Å². The van der Waals surface area contributed by atoms with Crippen LogP contribution >= 0.6 is 12.2 Å². The first kappa shape index (κ1) is 11.6. The number of hydrogen-bond donors (Lipinski definition) is 1. The highest BCUT2D eigenvalue weighted by molar-refractivity contribution is 7.71. The predicted octanol–water partition coefficient (Wildman–Crippen LogP) is 2.90. The molecule has 0 spiro atoms. The van der Waals surface area contributed by atoms with Gasteiger partial charge >= 0.3 is 0 Å². The molecule has 1 heterocycles. The third kappa shape index (κ3) is 2.00. The van der Waals surface area contributed by atoms with Gasteiger partial charge in [0.2, 0.25) is 5.95 Å². The second kappa shape index (κ2) is 4.57. The van der Waals surface area contributed by atoms with Crippen LogP contribution in [0.1, 0.15) is 45.6 Å². The van der Waals surface area contributed by atoms with E-state index in [2.05, 4.69) is 40.6 Å². The monoisotopic (exact) mass is 240 g/mol. The minimum absolute atomic E-state index is 0.352. The van der Waals surface area contributed by atoms with Gasteiger partial charge in [-0.2, -0.15) is 0 Å². The largest absolute Gasteiger partial charge is 0.341 e. The number of hydrogen-bond acceptors (Lipinski definition) is 3. The number of rotatable bonds is 3. The zero-order valence-corrected chi connectivity index (χ0v) is 11.0. The van der Waals surface area contributed by atoms with Crippen LogP contribution in [-0.4, -0.2) is 27.9 Å². The van der Waals surface area contributed by atoms with Crippen molar-refractivity contribution in [3.8, 4) is 0 Å². The molecule has 0 bridgehead atoms. The summed E-state index contributed by atoms with van der Waals surface area (Å²) in [6.07, 6.45) is 5.21. The van der Waals surface area contributed by atoms with E-state index in [1.54, 1.807) is 0 Å². The van der Waals surface area contributed by atoms with Crippen molar-refractivity contribution in [3.05, 3.63) is 4.77 Å². The molecule has 1 saturated carbocycles. The Kier molecular flexibility index (Phi) is 3.33. The third-order valence-electron chi connectivity index (χ3n) is 3.39. The molecular weight excluding hydrogens is 220 g/mol. The first-order valence-corrected chi connectivity index (χ1v) is 6.42. The molecule has 1 aliphatic rings. The van der Waals surface area contributed by atoms with Gasteiger partial charge < -0.3 is 4.90 Å². The van der Waals surface area contributed by atoms with Gasteiger partial charge in [0.05, 0.1) is 0 Å². The van der Waals surface area contributed by atoms with Gasteiger partial charge in [-0.3, -0.25) is 4.57 Å². The molecule has 0 unspecified atom stereocenters. The van der Waals surface area contributed by atoms with Crippen LogP contribution in [-0.2, 0) is 0 Å². The van der Waals surface area contributed by atoms with Crippen molar-refractivity contribution in [1.82, 2.24) is 14.8 Å². The van der Waals surface area contributed by atoms with E-state index in [1.165, 1.54) is 25.7 Å². The molecule has 4 nitrogen and oxygen atoms in total. The van der Waals surface area contributed by atoms with Gasteiger partial charge in [-0.1, -0.05) is 12.8 Å². The molecular formula is C11H20N4S. The number of nitrogens with zero attached hydrogens (tertiary/aromatic N) is 3. The Bertz CT molecular complexity index is 400. The van der Waals surface area contributed by atoms with Crippen molar-refractivity contribution in [2.75, 3.05) is 11.9 Å². The Morgan fingerprint density at radius 3 is 2.62 bits per heavy atom. The number of aromatic amines is 1. The van der Waals surface area contributed by atoms with E-state index in [1.807, 2.05) is 0 Å². The van der Waals surface area contributed by atoms with E-state index in [0.717, 1.165) is 10.7 Å². The van der Waals surface area contributed by atoms with Gasteiger partial charge in [0.15, 0.2) is 4.77 Å². The molecule has 0 saturated heterocycles. The summed E-state index contributed by atoms with van der Waals surface area (Å²) in [6.45, 7) is 4.27. The molecule has 1 N–H and O–H groups in total. The highest BCUT2D eigenvalue weighted by Gasteiger charge is 2.23. The van der Waals surface area contributed by atoms with Crippen LogP contribution in [0.15, 0.2) is 0 Å². The van der Waals surface area contributed by atoms with Gasteiger partial charge in [0.25, 0.3) is 0 Å². The minimum Gasteiger partial charge on any atom is -0.341 e. The molecule has 1 aromatic rings. The second-order valence-electron chi connectivity index (χ2n) is 4.84. The van der Waals surface area contributed by atoms with Gasteiger partial charge in [0.1, 0.15) is 0 Å². The Labute approximate surface area is 102 Å². The predicted molar refractivity (Wildman–Crippen MR) is 68.5 cm³/mol. The molecule has 1 aliphatic carbocycles. The molecule has 0 atom stereocenters. The van der Waals surface area contributed by atoms with Gasteiger partial charge in [0, 0.05) is 19.1 Å². The molecule has 0 aromatic carbocycles. The topological polar surface area (TPSA) is 36.9 Å². The SMILES string of the molecule is CC(C)n1c(N(C)C2CCCC2)n[nH]c1=S. The van der Waals surface area contributed by atoms with Crippen molar-refractivity contribution < 1.29 is 0 Å². The number of H-pyrrole nitrogens is 1. The zero-order valence-electron chi connectivity index (χ0n) is 10.2. The lowest BCUT2D eigenvalue weighted by atomic mass is 10.2. The standard InChI is InChI=1S/C11H20N4S/c1-8(2)15-10(12-13-11(15)16)14(3)9-6-4-5-7-9/h8-9H,4-7H2,1-3H3,(H,13,16). The fourth-order valence-corrected chi connectivity index (χ4v) is 2.80. The lowest BCUT2D eigenvalue weighted by Gasteiger charge is -2.26. The first-order valence-electron chi connectivity index (χ1n) is 6.01. The van der Waals surface area contributed by atoms with Crippen LogP contribution in [0.2, 0.25) is 0 Å². The Morgan fingerprint density at radius 2 is 2.06 bits per heavy atom. The molecule has 1 fully saturated rings. The van der Waals surface area contributed by atoms with Crippen molar-refractivity contribution >= 4 is 18.2 Å². The first-order chi connectivity index (χ1) is 7.61. The van der Waals surface area contributed by atoms with Crippen molar-refractivity contribution in [2.45, 2.75) is 51.6 Å². The van der Waals surface area contributed by atoms with Crippen molar-refractivity contribution in [3.63, 3.8) is 0 Å². The Balaban J connectivity index is 2.28. The number of nitrogens with one attached hydrogen (secondary N) is 1. The number of anilines is 1. The molecule has 0 amide bonds. The van der Waals surface area contributed by atoms with E-state index >= 15 is 0 Å². The van der Waals surface area contributed by atoms with Crippen LogP contribution in [0.3, 0.4) is 0 Å². The van der Waals surface area contributed by atoms with E-state index in [4.69, 9.17) is 12.2 Å². The van der Waals surface area contributed by atoms with Gasteiger partial charge in [-0.15, -0.1) is 5.10 Å². The lowest BCUT2D eigenvalue weighted by Crippen LogP contribution is -2.31. The number of aromatic nitrogens is 3. The van der Waals surface area contributed by atoms with E-state index < -0.39 is 0 Å². The van der Waals surface area contributed by atoms with E-state index in [-0.39, 0.29) is 0 Å². The Hall–Kier alpha value is -0.840. The van der Waals surface area contributed by atoms with Crippen LogP contribution in [0.25, 0.3) is 0 Å². The van der Waals surface area contributed by atoms with Crippen LogP contribution in [0.5, 0.6) is 0 Å². The second-order valence-corrected chi connectivity index (χ2v) is 5.23. The van der Waals surface area contributed by atoms with Gasteiger partial charge in [-0.05, 0) is 38.9 Å². The van der Waals surface area contributed by atoms with Gasteiger partial charge in [-0.25, -0.2) is 5.10 Å². The average molecular weight is 240 g/mol. The summed E-state index contributed by atoms with van der Waals surface area (Å²) in [5, 5.41) is 7.25. The normalized spacial score (nSPS) is 17.2. The smallest absolute Gasteiger partial charge is 0.225 e. The summed E-state index contributed by atoms with van der Waals surface area (Å²) in [6, 6.07) is 0.979. The lowest BCUT2D eigenvalue weighted by molar-refractivity contribution is 0.558. The molecule has 1 aromatic heterocycles. The zero-order chi connectivity index (χ0) is 11.7. The van der Waals surface area contributed by atoms with E-state index in [9.17, 15) is 0 Å². The van der Waals surface area contributed by atoms with Crippen molar-refractivity contribution in [1.29, 1.82) is 0 Å². The molecule has 16 heavy (non-hydrogen) atoms. The molecule has 90 valence electrons. The van der Waals surface area contributed by atoms with Crippen LogP contribution in [0, 0.1) is 4.77 Å². The summed E-state index contributed by atoms with van der Waals surface area (Å²) >= 11 is 5.26. The van der Waals surface area contributed by atoms with Crippen LogP contribution < -0.4 is 4.90 Å². The maximum atomic E-state index is 5.26. The third-order valence-corrected chi connectivity index (χ3v) is 3.68. The summed E-state index contributed by atoms with van der Waals surface area (Å²) < 4.78 is 2.81. The summed E-state index contributed by atoms with van der Waals surface area (Å²) in [4.78, 5) is 2.28. The Morgan fingerprint density at radius 1 is 1.44 bits per heavy atom. The fourth-order valence-electron chi connectivity index (χ4n) is 2.47. The minimum atomic E-state index is 0.352. The van der Waals surface area contributed by atoms with Crippen molar-refractivity contribution in [2.24, 2.45) is 0 Å². The quantitative estimate of drug-likeness (QED) is 0.825. The fraction of sp³-hybridized carbons (Fsp3) is 0.818. The molecule has 5 heteroatoms. The average Bonchev–Trinajstić information content (AvgIpc) is 2.84. The summed E-state index contributed by atoms with van der Waals surface area (Å²) in [7, 11) is 2.12. The maximum Gasteiger partial charge on any atom is 0.225 e. The molecule has 2 rings (SSSR count). The maximum absolute atomic E-state index is 5.26. The molecule has 0 radical (unpaired) electrons. The highest BCUT2D eigenvalue weighted by atomic mass is 32.1. The highest BCUT2D eigenvalue weighted by Crippen LogP contribution is 2.27. The summed E-state index contributed by atoms with van der Waals surface area (Å²) in [5.74, 6) is 0.979.